The molecule has 0 atom stereocenters. The maximum Gasteiger partial charge on any atom is 0.163 e. The lowest BCUT2D eigenvalue weighted by Gasteiger charge is -2.04. The number of thioether (sulfide) groups is 1. The topological polar surface area (TPSA) is 56.0 Å². The molecule has 1 aromatic heterocycles. The molecule has 19 heavy (non-hydrogen) atoms. The number of hydrogen-bond acceptors (Lipinski definition) is 4. The van der Waals surface area contributed by atoms with Crippen LogP contribution in [0.15, 0.2) is 47.5 Å². The zero-order valence-electron chi connectivity index (χ0n) is 10.2. The molecule has 3 nitrogen and oxygen atoms in total. The highest BCUT2D eigenvalue weighted by Gasteiger charge is 2.07. The summed E-state index contributed by atoms with van der Waals surface area (Å²) in [5, 5.41) is 1.08. The summed E-state index contributed by atoms with van der Waals surface area (Å²) in [7, 11) is 0. The monoisotopic (exact) mass is 292 g/mol. The van der Waals surface area contributed by atoms with Gasteiger partial charge in [0.15, 0.2) is 5.78 Å². The van der Waals surface area contributed by atoms with Crippen molar-refractivity contribution in [3.05, 3.63) is 53.2 Å². The summed E-state index contributed by atoms with van der Waals surface area (Å²) in [5.74, 6) is 0.749. The average molecular weight is 293 g/mol. The first kappa shape index (κ1) is 13.9. The second kappa shape index (κ2) is 6.59. The predicted octanol–water partition coefficient (Wildman–Crippen LogP) is 3.68. The number of benzene rings is 1. The van der Waals surface area contributed by atoms with Crippen LogP contribution in [0.4, 0.5) is 5.69 Å². The highest BCUT2D eigenvalue weighted by molar-refractivity contribution is 7.99. The van der Waals surface area contributed by atoms with E-state index in [1.807, 2.05) is 30.3 Å². The van der Waals surface area contributed by atoms with Crippen LogP contribution in [-0.4, -0.2) is 16.5 Å². The summed E-state index contributed by atoms with van der Waals surface area (Å²) in [5.41, 5.74) is 7.11. The number of carbonyl (C=O) groups is 1. The van der Waals surface area contributed by atoms with Crippen LogP contribution >= 0.6 is 23.4 Å². The van der Waals surface area contributed by atoms with Crippen LogP contribution in [0.2, 0.25) is 5.15 Å². The molecule has 2 rings (SSSR count). The zero-order chi connectivity index (χ0) is 13.7. The van der Waals surface area contributed by atoms with E-state index in [2.05, 4.69) is 4.98 Å². The third kappa shape index (κ3) is 3.98. The minimum absolute atomic E-state index is 0.119. The summed E-state index contributed by atoms with van der Waals surface area (Å²) in [6.45, 7) is 0. The Morgan fingerprint density at radius 3 is 2.68 bits per heavy atom. The number of Topliss-reactive ketones (excluding diaryl/α,β-unsaturated/α-hetero) is 1. The molecule has 0 bridgehead atoms. The first-order valence-electron chi connectivity index (χ1n) is 5.80. The van der Waals surface area contributed by atoms with Gasteiger partial charge in [-0.15, -0.1) is 11.8 Å². The smallest absolute Gasteiger partial charge is 0.163 e. The fourth-order valence-corrected chi connectivity index (χ4v) is 2.63. The molecular weight excluding hydrogens is 280 g/mol. The van der Waals surface area contributed by atoms with Crippen LogP contribution in [0.3, 0.4) is 0 Å². The Hall–Kier alpha value is -1.52. The van der Waals surface area contributed by atoms with Gasteiger partial charge in [-0.05, 0) is 12.1 Å². The van der Waals surface area contributed by atoms with Crippen molar-refractivity contribution in [3.8, 4) is 0 Å². The second-order valence-corrected chi connectivity index (χ2v) is 5.39. The van der Waals surface area contributed by atoms with Gasteiger partial charge in [-0.3, -0.25) is 4.79 Å². The van der Waals surface area contributed by atoms with Gasteiger partial charge in [0.1, 0.15) is 10.2 Å². The van der Waals surface area contributed by atoms with E-state index < -0.39 is 0 Å². The van der Waals surface area contributed by atoms with Gasteiger partial charge in [0, 0.05) is 17.7 Å². The second-order valence-electron chi connectivity index (χ2n) is 3.92. The summed E-state index contributed by atoms with van der Waals surface area (Å²) < 4.78 is 0. The van der Waals surface area contributed by atoms with E-state index in [1.165, 1.54) is 11.8 Å². The number of nitrogen functional groups attached to an aromatic ring is 1. The normalized spacial score (nSPS) is 10.4. The SMILES string of the molecule is Nc1ccc(Cl)nc1SCCC(=O)c1ccccc1. The van der Waals surface area contributed by atoms with Crippen molar-refractivity contribution in [1.29, 1.82) is 0 Å². The Labute approximate surface area is 121 Å². The lowest BCUT2D eigenvalue weighted by molar-refractivity contribution is 0.0989. The number of anilines is 1. The molecule has 0 aliphatic carbocycles. The molecular formula is C14H13ClN2OS. The van der Waals surface area contributed by atoms with Gasteiger partial charge in [-0.2, -0.15) is 0 Å². The molecule has 0 aliphatic rings. The van der Waals surface area contributed by atoms with E-state index in [4.69, 9.17) is 17.3 Å². The third-order valence-electron chi connectivity index (χ3n) is 2.52. The van der Waals surface area contributed by atoms with Crippen molar-refractivity contribution in [2.45, 2.75) is 11.4 Å². The van der Waals surface area contributed by atoms with Gasteiger partial charge >= 0.3 is 0 Å². The number of carbonyl (C=O) groups excluding carboxylic acids is 1. The molecule has 0 spiro atoms. The van der Waals surface area contributed by atoms with Crippen LogP contribution in [0.25, 0.3) is 0 Å². The van der Waals surface area contributed by atoms with Crippen LogP contribution < -0.4 is 5.73 Å². The Kier molecular flexibility index (Phi) is 4.82. The van der Waals surface area contributed by atoms with Crippen molar-refractivity contribution in [1.82, 2.24) is 4.98 Å². The number of ketones is 1. The van der Waals surface area contributed by atoms with Crippen molar-refractivity contribution in [2.24, 2.45) is 0 Å². The van der Waals surface area contributed by atoms with Crippen molar-refractivity contribution in [2.75, 3.05) is 11.5 Å². The molecule has 0 saturated heterocycles. The van der Waals surface area contributed by atoms with E-state index in [0.717, 1.165) is 5.56 Å². The standard InChI is InChI=1S/C14H13ClN2OS/c15-13-7-6-11(16)14(17-13)19-9-8-12(18)10-4-2-1-3-5-10/h1-7H,8-9,16H2. The maximum atomic E-state index is 11.9. The number of pyridine rings is 1. The van der Waals surface area contributed by atoms with Crippen LogP contribution in [0.5, 0.6) is 0 Å². The molecule has 0 unspecified atom stereocenters. The van der Waals surface area contributed by atoms with E-state index in [0.29, 0.717) is 28.0 Å². The molecule has 0 amide bonds. The number of hydrogen-bond donors (Lipinski definition) is 1. The van der Waals surface area contributed by atoms with Gasteiger partial charge in [0.25, 0.3) is 0 Å². The van der Waals surface area contributed by atoms with Crippen LogP contribution in [0.1, 0.15) is 16.8 Å². The maximum absolute atomic E-state index is 11.9. The van der Waals surface area contributed by atoms with E-state index in [1.54, 1.807) is 12.1 Å². The Balaban J connectivity index is 1.90. The highest BCUT2D eigenvalue weighted by Crippen LogP contribution is 2.25. The summed E-state index contributed by atoms with van der Waals surface area (Å²) in [6, 6.07) is 12.6. The summed E-state index contributed by atoms with van der Waals surface area (Å²) >= 11 is 7.25. The lowest BCUT2D eigenvalue weighted by atomic mass is 10.1. The Morgan fingerprint density at radius 1 is 1.21 bits per heavy atom. The number of aromatic nitrogens is 1. The number of rotatable bonds is 5. The van der Waals surface area contributed by atoms with E-state index >= 15 is 0 Å². The molecule has 0 radical (unpaired) electrons. The Bertz CT molecular complexity index is 575. The summed E-state index contributed by atoms with van der Waals surface area (Å²) in [6.07, 6.45) is 0.447. The minimum Gasteiger partial charge on any atom is -0.397 e. The van der Waals surface area contributed by atoms with Crippen LogP contribution in [-0.2, 0) is 0 Å². The molecule has 2 N–H and O–H groups in total. The Morgan fingerprint density at radius 2 is 1.95 bits per heavy atom. The van der Waals surface area contributed by atoms with Crippen molar-refractivity contribution >= 4 is 34.8 Å². The highest BCUT2D eigenvalue weighted by atomic mass is 35.5. The first-order valence-corrected chi connectivity index (χ1v) is 7.16. The van der Waals surface area contributed by atoms with E-state index in [9.17, 15) is 4.79 Å². The average Bonchev–Trinajstić information content (AvgIpc) is 2.43. The fourth-order valence-electron chi connectivity index (χ4n) is 1.55. The van der Waals surface area contributed by atoms with Crippen molar-refractivity contribution in [3.63, 3.8) is 0 Å². The molecule has 1 heterocycles. The van der Waals surface area contributed by atoms with Gasteiger partial charge < -0.3 is 5.73 Å². The van der Waals surface area contributed by atoms with Gasteiger partial charge in [0.2, 0.25) is 0 Å². The molecule has 2 aromatic rings. The van der Waals surface area contributed by atoms with Gasteiger partial charge in [-0.25, -0.2) is 4.98 Å². The number of halogens is 1. The predicted molar refractivity (Wildman–Crippen MR) is 79.8 cm³/mol. The third-order valence-corrected chi connectivity index (χ3v) is 3.74. The largest absolute Gasteiger partial charge is 0.397 e. The molecule has 0 aliphatic heterocycles. The number of nitrogens with zero attached hydrogens (tertiary/aromatic N) is 1. The van der Waals surface area contributed by atoms with Crippen molar-refractivity contribution < 1.29 is 4.79 Å². The lowest BCUT2D eigenvalue weighted by Crippen LogP contribution is -2.01. The fraction of sp³-hybridized carbons (Fsp3) is 0.143. The first-order chi connectivity index (χ1) is 9.16. The van der Waals surface area contributed by atoms with Gasteiger partial charge in [0.05, 0.1) is 5.69 Å². The number of nitrogens with two attached hydrogens (primary N) is 1. The van der Waals surface area contributed by atoms with E-state index in [-0.39, 0.29) is 5.78 Å². The quantitative estimate of drug-likeness (QED) is 0.519. The zero-order valence-corrected chi connectivity index (χ0v) is 11.7. The molecule has 0 saturated carbocycles. The summed E-state index contributed by atoms with van der Waals surface area (Å²) in [4.78, 5) is 16.0. The molecule has 1 aromatic carbocycles. The van der Waals surface area contributed by atoms with Gasteiger partial charge in [-0.1, -0.05) is 41.9 Å². The molecule has 98 valence electrons. The van der Waals surface area contributed by atoms with Crippen LogP contribution in [0, 0.1) is 0 Å². The molecule has 5 heteroatoms. The minimum atomic E-state index is 0.119. The molecule has 0 fully saturated rings.